The van der Waals surface area contributed by atoms with Gasteiger partial charge in [-0.05, 0) is 54.3 Å². The molecule has 1 N–H and O–H groups in total. The second kappa shape index (κ2) is 7.68. The Morgan fingerprint density at radius 3 is 2.27 bits per heavy atom. The van der Waals surface area contributed by atoms with Crippen molar-refractivity contribution in [1.29, 1.82) is 0 Å². The smallest absolute Gasteiger partial charge is 0.329 e. The maximum atomic E-state index is 13.3. The van der Waals surface area contributed by atoms with Crippen molar-refractivity contribution in [2.75, 3.05) is 11.4 Å². The molecule has 3 amide bonds. The summed E-state index contributed by atoms with van der Waals surface area (Å²) in [5, 5.41) is 3.22. The molecule has 0 aromatic heterocycles. The van der Waals surface area contributed by atoms with Gasteiger partial charge in [0.15, 0.2) is 0 Å². The molecule has 30 heavy (non-hydrogen) atoms. The first-order chi connectivity index (χ1) is 14.2. The highest BCUT2D eigenvalue weighted by atomic mass is 35.5. The third kappa shape index (κ3) is 3.49. The minimum absolute atomic E-state index is 0.0603. The third-order valence-electron chi connectivity index (χ3n) is 5.58. The molecule has 0 saturated carbocycles. The van der Waals surface area contributed by atoms with Crippen molar-refractivity contribution >= 4 is 39.2 Å². The van der Waals surface area contributed by atoms with Crippen molar-refractivity contribution in [2.24, 2.45) is 0 Å². The number of sulfonamides is 1. The summed E-state index contributed by atoms with van der Waals surface area (Å²) in [6.45, 7) is 4.25. The summed E-state index contributed by atoms with van der Waals surface area (Å²) < 4.78 is 27.6. The Hall–Kier alpha value is -2.42. The molecule has 0 radical (unpaired) electrons. The number of nitrogens with zero attached hydrogens (tertiary/aromatic N) is 2. The number of halogens is 1. The minimum Gasteiger partial charge on any atom is -0.332 e. The normalized spacial score (nSPS) is 22.3. The van der Waals surface area contributed by atoms with Crippen LogP contribution in [0.25, 0.3) is 0 Å². The Labute approximate surface area is 180 Å². The van der Waals surface area contributed by atoms with Crippen LogP contribution in [0.1, 0.15) is 31.7 Å². The topological polar surface area (TPSA) is 86.8 Å². The summed E-state index contributed by atoms with van der Waals surface area (Å²) in [7, 11) is -3.92. The zero-order valence-corrected chi connectivity index (χ0v) is 18.2. The van der Waals surface area contributed by atoms with E-state index < -0.39 is 34.0 Å². The maximum Gasteiger partial charge on any atom is 0.329 e. The summed E-state index contributed by atoms with van der Waals surface area (Å²) in [6.07, 6.45) is 0.370. The number of hydrogen-bond donors (Lipinski definition) is 1. The van der Waals surface area contributed by atoms with E-state index in [9.17, 15) is 18.0 Å². The molecular formula is C21H22ClN3O4S. The van der Waals surface area contributed by atoms with Crippen LogP contribution in [0.15, 0.2) is 53.4 Å². The number of fused-ring (bicyclic) bond motifs is 1. The molecular weight excluding hydrogens is 426 g/mol. The first kappa shape index (κ1) is 20.8. The highest BCUT2D eigenvalue weighted by Gasteiger charge is 2.52. The molecule has 0 spiro atoms. The lowest BCUT2D eigenvalue weighted by atomic mass is 10.0. The van der Waals surface area contributed by atoms with E-state index in [-0.39, 0.29) is 11.4 Å². The van der Waals surface area contributed by atoms with Gasteiger partial charge in [0.25, 0.3) is 5.91 Å². The number of imide groups is 1. The lowest BCUT2D eigenvalue weighted by molar-refractivity contribution is -0.122. The number of urea groups is 1. The van der Waals surface area contributed by atoms with E-state index in [1.165, 1.54) is 28.6 Å². The number of rotatable bonds is 4. The number of carbonyl (C=O) groups is 2. The van der Waals surface area contributed by atoms with E-state index in [1.54, 1.807) is 12.1 Å². The van der Waals surface area contributed by atoms with E-state index in [0.29, 0.717) is 23.0 Å². The molecule has 2 fully saturated rings. The zero-order chi connectivity index (χ0) is 21.6. The van der Waals surface area contributed by atoms with Crippen molar-refractivity contribution < 1.29 is 18.0 Å². The lowest BCUT2D eigenvalue weighted by Gasteiger charge is -2.36. The van der Waals surface area contributed by atoms with Gasteiger partial charge < -0.3 is 5.32 Å². The Morgan fingerprint density at radius 2 is 1.67 bits per heavy atom. The van der Waals surface area contributed by atoms with E-state index in [0.717, 1.165) is 10.5 Å². The summed E-state index contributed by atoms with van der Waals surface area (Å²) in [5.41, 5.74) is 1.49. The van der Waals surface area contributed by atoms with Crippen LogP contribution in [-0.2, 0) is 14.8 Å². The number of carbonyl (C=O) groups excluding carboxylic acids is 2. The number of nitrogens with one attached hydrogen (secondary N) is 1. The number of hydrogen-bond acceptors (Lipinski definition) is 4. The quantitative estimate of drug-likeness (QED) is 0.778. The van der Waals surface area contributed by atoms with E-state index in [1.807, 2.05) is 12.1 Å². The van der Waals surface area contributed by atoms with Crippen LogP contribution in [0, 0.1) is 0 Å². The van der Waals surface area contributed by atoms with Crippen molar-refractivity contribution in [1.82, 2.24) is 9.62 Å². The third-order valence-corrected chi connectivity index (χ3v) is 7.72. The van der Waals surface area contributed by atoms with Crippen molar-refractivity contribution in [3.05, 3.63) is 59.1 Å². The molecule has 7 nitrogen and oxygen atoms in total. The number of amides is 3. The average molecular weight is 448 g/mol. The van der Waals surface area contributed by atoms with Crippen LogP contribution in [0.5, 0.6) is 0 Å². The highest BCUT2D eigenvalue weighted by molar-refractivity contribution is 7.89. The SMILES string of the molecule is CC(C)c1ccc(N2C(=O)N[C@@H]3CCN(S(=O)(=O)c4ccc(Cl)cc4)[C@@H]3C2=O)cc1. The molecule has 0 bridgehead atoms. The van der Waals surface area contributed by atoms with E-state index >= 15 is 0 Å². The fraction of sp³-hybridized carbons (Fsp3) is 0.333. The molecule has 0 unspecified atom stereocenters. The fourth-order valence-electron chi connectivity index (χ4n) is 3.93. The van der Waals surface area contributed by atoms with Gasteiger partial charge in [-0.2, -0.15) is 4.31 Å². The van der Waals surface area contributed by atoms with Gasteiger partial charge in [0, 0.05) is 11.6 Å². The Balaban J connectivity index is 1.67. The summed E-state index contributed by atoms with van der Waals surface area (Å²) in [6, 6.07) is 10.9. The first-order valence-corrected chi connectivity index (χ1v) is 11.5. The standard InChI is InChI=1S/C21H22ClN3O4S/c1-13(2)14-3-7-16(8-4-14)25-20(26)19-18(23-21(25)27)11-12-24(19)30(28,29)17-9-5-15(22)6-10-17/h3-10,13,18-19H,11-12H2,1-2H3,(H,23,27)/t18-,19+/m1/s1. The molecule has 2 saturated heterocycles. The molecule has 158 valence electrons. The monoisotopic (exact) mass is 447 g/mol. The number of anilines is 1. The van der Waals surface area contributed by atoms with Crippen LogP contribution in [-0.4, -0.2) is 43.3 Å². The largest absolute Gasteiger partial charge is 0.332 e. The maximum absolute atomic E-state index is 13.3. The van der Waals surface area contributed by atoms with Crippen LogP contribution in [0.4, 0.5) is 10.5 Å². The second-order valence-corrected chi connectivity index (χ2v) is 10.1. The van der Waals surface area contributed by atoms with Crippen LogP contribution >= 0.6 is 11.6 Å². The average Bonchev–Trinajstić information content (AvgIpc) is 3.13. The highest BCUT2D eigenvalue weighted by Crippen LogP contribution is 2.32. The van der Waals surface area contributed by atoms with Crippen molar-refractivity contribution in [3.63, 3.8) is 0 Å². The lowest BCUT2D eigenvalue weighted by Crippen LogP contribution is -2.64. The Morgan fingerprint density at radius 1 is 1.03 bits per heavy atom. The molecule has 2 heterocycles. The van der Waals surface area contributed by atoms with E-state index in [2.05, 4.69) is 19.2 Å². The molecule has 2 aliphatic rings. The molecule has 2 aromatic rings. The zero-order valence-electron chi connectivity index (χ0n) is 16.6. The second-order valence-electron chi connectivity index (χ2n) is 7.78. The molecule has 0 aliphatic carbocycles. The van der Waals surface area contributed by atoms with Gasteiger partial charge in [-0.3, -0.25) is 4.79 Å². The summed E-state index contributed by atoms with van der Waals surface area (Å²) in [4.78, 5) is 27.0. The van der Waals surface area contributed by atoms with Gasteiger partial charge in [-0.25, -0.2) is 18.1 Å². The van der Waals surface area contributed by atoms with Gasteiger partial charge in [0.05, 0.1) is 16.6 Å². The van der Waals surface area contributed by atoms with Crippen LogP contribution < -0.4 is 10.2 Å². The molecule has 2 atom stereocenters. The Bertz CT molecular complexity index is 1080. The van der Waals surface area contributed by atoms with Crippen molar-refractivity contribution in [2.45, 2.75) is 43.2 Å². The molecule has 4 rings (SSSR count). The molecule has 2 aliphatic heterocycles. The van der Waals surface area contributed by atoms with Gasteiger partial charge in [-0.15, -0.1) is 0 Å². The van der Waals surface area contributed by atoms with E-state index in [4.69, 9.17) is 11.6 Å². The predicted molar refractivity (Wildman–Crippen MR) is 114 cm³/mol. The van der Waals surface area contributed by atoms with Gasteiger partial charge in [0.2, 0.25) is 10.0 Å². The van der Waals surface area contributed by atoms with Crippen LogP contribution in [0.3, 0.4) is 0 Å². The van der Waals surface area contributed by atoms with Gasteiger partial charge in [-0.1, -0.05) is 37.6 Å². The van der Waals surface area contributed by atoms with Crippen molar-refractivity contribution in [3.8, 4) is 0 Å². The summed E-state index contributed by atoms with van der Waals surface area (Å²) in [5.74, 6) is -0.236. The first-order valence-electron chi connectivity index (χ1n) is 9.72. The summed E-state index contributed by atoms with van der Waals surface area (Å²) >= 11 is 5.87. The fourth-order valence-corrected chi connectivity index (χ4v) is 5.69. The van der Waals surface area contributed by atoms with Crippen LogP contribution in [0.2, 0.25) is 5.02 Å². The van der Waals surface area contributed by atoms with Gasteiger partial charge in [0.1, 0.15) is 6.04 Å². The molecule has 2 aromatic carbocycles. The Kier molecular flexibility index (Phi) is 5.34. The molecule has 9 heteroatoms. The predicted octanol–water partition coefficient (Wildman–Crippen LogP) is 3.35. The minimum atomic E-state index is -3.92. The number of benzene rings is 2. The van der Waals surface area contributed by atoms with Gasteiger partial charge >= 0.3 is 6.03 Å².